The molecule has 1 aromatic heterocycles. The predicted octanol–water partition coefficient (Wildman–Crippen LogP) is 0.435. The lowest BCUT2D eigenvalue weighted by Crippen LogP contribution is -2.49. The van der Waals surface area contributed by atoms with E-state index in [1.165, 1.54) is 0 Å². The average Bonchev–Trinajstić information content (AvgIpc) is 2.57. The van der Waals surface area contributed by atoms with Gasteiger partial charge in [0.25, 0.3) is 0 Å². The lowest BCUT2D eigenvalue weighted by Gasteiger charge is -2.17. The Hall–Kier alpha value is -1.36. The maximum absolute atomic E-state index is 11.4. The molecule has 1 rings (SSSR count). The van der Waals surface area contributed by atoms with Crippen LogP contribution in [0.3, 0.4) is 0 Å². The van der Waals surface area contributed by atoms with Crippen LogP contribution in [0.2, 0.25) is 0 Å². The molecule has 0 bridgehead atoms. The number of amides is 1. The van der Waals surface area contributed by atoms with Gasteiger partial charge in [-0.2, -0.15) is 0 Å². The summed E-state index contributed by atoms with van der Waals surface area (Å²) in [5.41, 5.74) is 4.85. The van der Waals surface area contributed by atoms with Gasteiger partial charge in [0.2, 0.25) is 5.91 Å². The molecule has 0 aliphatic heterocycles. The second-order valence-electron chi connectivity index (χ2n) is 4.50. The van der Waals surface area contributed by atoms with Gasteiger partial charge in [-0.1, -0.05) is 0 Å². The lowest BCUT2D eigenvalue weighted by molar-refractivity contribution is -0.125. The quantitative estimate of drug-likeness (QED) is 0.713. The number of carbonyl (C=O) groups excluding carboxylic acids is 1. The van der Waals surface area contributed by atoms with Gasteiger partial charge in [-0.15, -0.1) is 0 Å². The number of rotatable bonds is 5. The first-order valence-electron chi connectivity index (χ1n) is 5.46. The number of hydrogen-bond acceptors (Lipinski definition) is 3. The van der Waals surface area contributed by atoms with E-state index >= 15 is 0 Å². The summed E-state index contributed by atoms with van der Waals surface area (Å²) >= 11 is 0. The fourth-order valence-electron chi connectivity index (χ4n) is 1.32. The second kappa shape index (κ2) is 5.12. The van der Waals surface area contributed by atoms with E-state index in [0.717, 1.165) is 18.8 Å². The zero-order valence-electron chi connectivity index (χ0n) is 10.2. The van der Waals surface area contributed by atoms with Crippen LogP contribution in [-0.2, 0) is 11.3 Å². The predicted molar refractivity (Wildman–Crippen MR) is 62.9 cm³/mol. The molecule has 0 aromatic carbocycles. The first kappa shape index (κ1) is 12.7. The highest BCUT2D eigenvalue weighted by molar-refractivity contribution is 5.84. The van der Waals surface area contributed by atoms with Crippen molar-refractivity contribution < 1.29 is 4.79 Å². The lowest BCUT2D eigenvalue weighted by atomic mass is 10.1. The van der Waals surface area contributed by atoms with E-state index < -0.39 is 5.54 Å². The van der Waals surface area contributed by atoms with Crippen molar-refractivity contribution in [2.75, 3.05) is 6.54 Å². The molecule has 5 heteroatoms. The normalized spacial score (nSPS) is 11.5. The third-order valence-corrected chi connectivity index (χ3v) is 2.37. The van der Waals surface area contributed by atoms with Crippen LogP contribution in [0.1, 0.15) is 26.1 Å². The summed E-state index contributed by atoms with van der Waals surface area (Å²) in [5.74, 6) is 0.875. The third kappa shape index (κ3) is 3.66. The van der Waals surface area contributed by atoms with Crippen molar-refractivity contribution >= 4 is 5.91 Å². The fraction of sp³-hybridized carbons (Fsp3) is 0.636. The molecule has 0 spiro atoms. The smallest absolute Gasteiger partial charge is 0.239 e. The summed E-state index contributed by atoms with van der Waals surface area (Å²) in [6.07, 6.45) is 4.58. The zero-order chi connectivity index (χ0) is 12.2. The van der Waals surface area contributed by atoms with E-state index in [2.05, 4.69) is 14.9 Å². The first-order chi connectivity index (χ1) is 7.41. The summed E-state index contributed by atoms with van der Waals surface area (Å²) in [5, 5.41) is 2.81. The zero-order valence-corrected chi connectivity index (χ0v) is 10.2. The molecule has 16 heavy (non-hydrogen) atoms. The SMILES string of the molecule is Cc1nccn1CCCNC(=O)C(C)(C)N. The Kier molecular flexibility index (Phi) is 4.06. The summed E-state index contributed by atoms with van der Waals surface area (Å²) in [7, 11) is 0. The Morgan fingerprint density at radius 2 is 2.31 bits per heavy atom. The Balaban J connectivity index is 2.23. The van der Waals surface area contributed by atoms with E-state index in [0.29, 0.717) is 6.54 Å². The number of nitrogens with zero attached hydrogens (tertiary/aromatic N) is 2. The Bertz CT molecular complexity index is 351. The van der Waals surface area contributed by atoms with Crippen molar-refractivity contribution in [2.24, 2.45) is 5.73 Å². The molecule has 0 atom stereocenters. The molecular weight excluding hydrogens is 204 g/mol. The summed E-state index contributed by atoms with van der Waals surface area (Å²) in [4.78, 5) is 15.6. The topological polar surface area (TPSA) is 72.9 Å². The molecule has 3 N–H and O–H groups in total. The molecule has 1 aromatic rings. The number of carbonyl (C=O) groups is 1. The van der Waals surface area contributed by atoms with E-state index in [4.69, 9.17) is 5.73 Å². The number of imidazole rings is 1. The van der Waals surface area contributed by atoms with E-state index in [-0.39, 0.29) is 5.91 Å². The highest BCUT2D eigenvalue weighted by atomic mass is 16.2. The average molecular weight is 224 g/mol. The van der Waals surface area contributed by atoms with Crippen molar-refractivity contribution in [2.45, 2.75) is 39.3 Å². The Morgan fingerprint density at radius 1 is 1.62 bits per heavy atom. The van der Waals surface area contributed by atoms with Gasteiger partial charge in [0.15, 0.2) is 0 Å². The summed E-state index contributed by atoms with van der Waals surface area (Å²) in [6, 6.07) is 0. The highest BCUT2D eigenvalue weighted by Gasteiger charge is 2.20. The monoisotopic (exact) mass is 224 g/mol. The van der Waals surface area contributed by atoms with E-state index in [9.17, 15) is 4.79 Å². The number of nitrogens with one attached hydrogen (secondary N) is 1. The van der Waals surface area contributed by atoms with Gasteiger partial charge in [0, 0.05) is 25.5 Å². The largest absolute Gasteiger partial charge is 0.354 e. The van der Waals surface area contributed by atoms with Crippen molar-refractivity contribution in [1.29, 1.82) is 0 Å². The van der Waals surface area contributed by atoms with Crippen LogP contribution < -0.4 is 11.1 Å². The van der Waals surface area contributed by atoms with Gasteiger partial charge >= 0.3 is 0 Å². The molecular formula is C11H20N4O. The molecule has 0 saturated carbocycles. The van der Waals surface area contributed by atoms with Crippen LogP contribution >= 0.6 is 0 Å². The maximum atomic E-state index is 11.4. The van der Waals surface area contributed by atoms with Crippen molar-refractivity contribution in [3.05, 3.63) is 18.2 Å². The fourth-order valence-corrected chi connectivity index (χ4v) is 1.32. The standard InChI is InChI=1S/C11H20N4O/c1-9-13-6-8-15(9)7-4-5-14-10(16)11(2,3)12/h6,8H,4-5,7,12H2,1-3H3,(H,14,16). The van der Waals surface area contributed by atoms with Crippen LogP contribution in [0.15, 0.2) is 12.4 Å². The van der Waals surface area contributed by atoms with Gasteiger partial charge in [-0.3, -0.25) is 4.79 Å². The molecule has 0 saturated heterocycles. The highest BCUT2D eigenvalue weighted by Crippen LogP contribution is 1.98. The van der Waals surface area contributed by atoms with Gasteiger partial charge in [-0.25, -0.2) is 4.98 Å². The number of nitrogens with two attached hydrogens (primary N) is 1. The molecule has 0 aliphatic carbocycles. The van der Waals surface area contributed by atoms with Crippen molar-refractivity contribution in [3.8, 4) is 0 Å². The number of hydrogen-bond donors (Lipinski definition) is 2. The van der Waals surface area contributed by atoms with Gasteiger partial charge < -0.3 is 15.6 Å². The van der Waals surface area contributed by atoms with Crippen LogP contribution in [-0.4, -0.2) is 27.5 Å². The minimum atomic E-state index is -0.801. The molecule has 0 fully saturated rings. The minimum absolute atomic E-state index is 0.116. The molecule has 0 radical (unpaired) electrons. The Morgan fingerprint density at radius 3 is 2.81 bits per heavy atom. The minimum Gasteiger partial charge on any atom is -0.354 e. The second-order valence-corrected chi connectivity index (χ2v) is 4.50. The molecule has 5 nitrogen and oxygen atoms in total. The van der Waals surface area contributed by atoms with Gasteiger partial charge in [0.1, 0.15) is 5.82 Å². The van der Waals surface area contributed by atoms with Crippen molar-refractivity contribution in [1.82, 2.24) is 14.9 Å². The van der Waals surface area contributed by atoms with Crippen LogP contribution in [0, 0.1) is 6.92 Å². The number of aryl methyl sites for hydroxylation is 2. The van der Waals surface area contributed by atoms with Gasteiger partial charge in [-0.05, 0) is 27.2 Å². The maximum Gasteiger partial charge on any atom is 0.239 e. The molecule has 1 amide bonds. The van der Waals surface area contributed by atoms with Gasteiger partial charge in [0.05, 0.1) is 5.54 Å². The molecule has 0 unspecified atom stereocenters. The molecule has 1 heterocycles. The van der Waals surface area contributed by atoms with E-state index in [1.807, 2.05) is 13.1 Å². The van der Waals surface area contributed by atoms with Crippen molar-refractivity contribution in [3.63, 3.8) is 0 Å². The summed E-state index contributed by atoms with van der Waals surface area (Å²) < 4.78 is 2.06. The first-order valence-corrected chi connectivity index (χ1v) is 5.46. The molecule has 0 aliphatic rings. The van der Waals surface area contributed by atoms with Crippen LogP contribution in [0.25, 0.3) is 0 Å². The summed E-state index contributed by atoms with van der Waals surface area (Å²) in [6.45, 7) is 6.85. The molecule has 90 valence electrons. The van der Waals surface area contributed by atoms with E-state index in [1.54, 1.807) is 20.0 Å². The number of aromatic nitrogens is 2. The Labute approximate surface area is 96.0 Å². The van der Waals surface area contributed by atoms with Crippen LogP contribution in [0.4, 0.5) is 0 Å². The third-order valence-electron chi connectivity index (χ3n) is 2.37. The van der Waals surface area contributed by atoms with Crippen LogP contribution in [0.5, 0.6) is 0 Å².